The number of fused-ring (bicyclic) bond motifs is 1. The Morgan fingerprint density at radius 3 is 2.27 bits per heavy atom. The van der Waals surface area contributed by atoms with E-state index in [1.54, 1.807) is 24.3 Å². The van der Waals surface area contributed by atoms with Gasteiger partial charge in [0.1, 0.15) is 11.3 Å². The minimum Gasteiger partial charge on any atom is -0.347 e. The van der Waals surface area contributed by atoms with E-state index in [9.17, 15) is 22.8 Å². The Hall–Kier alpha value is -3.31. The number of hydrogen-bond donors (Lipinski definition) is 2. The van der Waals surface area contributed by atoms with Crippen LogP contribution in [0.1, 0.15) is 21.6 Å². The lowest BCUT2D eigenvalue weighted by atomic mass is 10.1. The number of sulfonamides is 1. The number of nitrogens with one attached hydrogen (secondary N) is 2. The van der Waals surface area contributed by atoms with Crippen molar-refractivity contribution in [3.8, 4) is 0 Å². The van der Waals surface area contributed by atoms with Crippen LogP contribution >= 0.6 is 0 Å². The van der Waals surface area contributed by atoms with Crippen molar-refractivity contribution in [2.24, 2.45) is 14.1 Å². The first kappa shape index (κ1) is 21.4. The van der Waals surface area contributed by atoms with Crippen LogP contribution in [0.15, 0.2) is 46.0 Å². The molecule has 0 saturated heterocycles. The molecule has 3 aromatic rings. The third-order valence-electron chi connectivity index (χ3n) is 4.68. The highest BCUT2D eigenvalue weighted by Crippen LogP contribution is 2.09. The predicted octanol–water partition coefficient (Wildman–Crippen LogP) is -0.389. The van der Waals surface area contributed by atoms with E-state index >= 15 is 0 Å². The first-order valence-electron chi connectivity index (χ1n) is 8.97. The highest BCUT2D eigenvalue weighted by molar-refractivity contribution is 7.88. The molecule has 3 rings (SSSR count). The standard InChI is InChI=1S/C19H21N5O5S/c1-20-30(28,29)11-13-6-4-12(5-7-13)10-21-17(25)15-9-8-14-16(22-15)23(2)19(27)24(3)18(14)26/h4-9,20H,10-11H2,1-3H3,(H,21,25). The first-order chi connectivity index (χ1) is 14.1. The molecule has 0 bridgehead atoms. The summed E-state index contributed by atoms with van der Waals surface area (Å²) >= 11 is 0. The number of carbonyl (C=O) groups excluding carboxylic acids is 1. The molecule has 1 aromatic carbocycles. The molecular weight excluding hydrogens is 410 g/mol. The van der Waals surface area contributed by atoms with E-state index in [2.05, 4.69) is 15.0 Å². The molecule has 11 heteroatoms. The number of carbonyl (C=O) groups is 1. The van der Waals surface area contributed by atoms with Crippen LogP contribution in [-0.2, 0) is 36.4 Å². The highest BCUT2D eigenvalue weighted by Gasteiger charge is 2.14. The zero-order valence-electron chi connectivity index (χ0n) is 16.7. The number of hydrogen-bond acceptors (Lipinski definition) is 6. The molecule has 0 radical (unpaired) electrons. The van der Waals surface area contributed by atoms with Gasteiger partial charge in [-0.2, -0.15) is 0 Å². The summed E-state index contributed by atoms with van der Waals surface area (Å²) in [5.41, 5.74) is 0.591. The van der Waals surface area contributed by atoms with Crippen molar-refractivity contribution in [2.45, 2.75) is 12.3 Å². The number of aromatic nitrogens is 3. The average Bonchev–Trinajstić information content (AvgIpc) is 2.74. The third-order valence-corrected chi connectivity index (χ3v) is 6.01. The van der Waals surface area contributed by atoms with Crippen LogP contribution in [-0.4, -0.2) is 35.5 Å². The molecule has 158 valence electrons. The van der Waals surface area contributed by atoms with Crippen LogP contribution in [0, 0.1) is 0 Å². The van der Waals surface area contributed by atoms with Gasteiger partial charge in [0.25, 0.3) is 11.5 Å². The van der Waals surface area contributed by atoms with E-state index in [4.69, 9.17) is 0 Å². The fraction of sp³-hybridized carbons (Fsp3) is 0.263. The van der Waals surface area contributed by atoms with Crippen LogP contribution in [0.5, 0.6) is 0 Å². The molecule has 2 N–H and O–H groups in total. The largest absolute Gasteiger partial charge is 0.347 e. The Labute approximate surface area is 172 Å². The van der Waals surface area contributed by atoms with Crippen molar-refractivity contribution in [3.63, 3.8) is 0 Å². The molecule has 0 aliphatic rings. The Balaban J connectivity index is 1.76. The average molecular weight is 431 g/mol. The zero-order chi connectivity index (χ0) is 22.1. The van der Waals surface area contributed by atoms with Crippen molar-refractivity contribution in [1.29, 1.82) is 0 Å². The van der Waals surface area contributed by atoms with Gasteiger partial charge in [0.05, 0.1) is 11.1 Å². The second-order valence-corrected chi connectivity index (χ2v) is 8.66. The lowest BCUT2D eigenvalue weighted by Crippen LogP contribution is -2.37. The number of nitrogens with zero attached hydrogens (tertiary/aromatic N) is 3. The van der Waals surface area contributed by atoms with Crippen molar-refractivity contribution in [2.75, 3.05) is 7.05 Å². The maximum atomic E-state index is 12.5. The summed E-state index contributed by atoms with van der Waals surface area (Å²) in [6, 6.07) is 9.70. The molecule has 1 amide bonds. The summed E-state index contributed by atoms with van der Waals surface area (Å²) in [6.45, 7) is 0.201. The summed E-state index contributed by atoms with van der Waals surface area (Å²) in [5, 5.41) is 2.96. The second-order valence-electron chi connectivity index (χ2n) is 6.74. The number of aryl methyl sites for hydroxylation is 1. The fourth-order valence-corrected chi connectivity index (χ4v) is 3.67. The van der Waals surface area contributed by atoms with E-state index in [1.807, 2.05) is 0 Å². The lowest BCUT2D eigenvalue weighted by Gasteiger charge is -2.09. The smallest absolute Gasteiger partial charge is 0.332 e. The topological polar surface area (TPSA) is 132 Å². The molecule has 0 fully saturated rings. The Morgan fingerprint density at radius 1 is 1.00 bits per heavy atom. The molecular formula is C19H21N5O5S. The summed E-state index contributed by atoms with van der Waals surface area (Å²) in [6.07, 6.45) is 0. The maximum Gasteiger partial charge on any atom is 0.332 e. The normalized spacial score (nSPS) is 11.6. The van der Waals surface area contributed by atoms with E-state index in [1.165, 1.54) is 37.8 Å². The third kappa shape index (κ3) is 4.31. The van der Waals surface area contributed by atoms with Gasteiger partial charge >= 0.3 is 5.69 Å². The van der Waals surface area contributed by atoms with E-state index in [-0.39, 0.29) is 29.0 Å². The van der Waals surface area contributed by atoms with Gasteiger partial charge in [-0.15, -0.1) is 0 Å². The molecule has 2 heterocycles. The van der Waals surface area contributed by atoms with Crippen LogP contribution in [0.25, 0.3) is 11.0 Å². The molecule has 0 saturated carbocycles. The monoisotopic (exact) mass is 431 g/mol. The molecule has 0 aliphatic heterocycles. The minimum atomic E-state index is -3.35. The molecule has 0 aliphatic carbocycles. The Kier molecular flexibility index (Phi) is 5.85. The van der Waals surface area contributed by atoms with E-state index in [0.717, 1.165) is 10.1 Å². The van der Waals surface area contributed by atoms with Gasteiger partial charge in [0.15, 0.2) is 0 Å². The summed E-state index contributed by atoms with van der Waals surface area (Å²) in [7, 11) is 0.863. The minimum absolute atomic E-state index is 0.0717. The van der Waals surface area contributed by atoms with Crippen molar-refractivity contribution in [1.82, 2.24) is 24.2 Å². The maximum absolute atomic E-state index is 12.5. The van der Waals surface area contributed by atoms with Crippen LogP contribution in [0.4, 0.5) is 0 Å². The molecule has 30 heavy (non-hydrogen) atoms. The zero-order valence-corrected chi connectivity index (χ0v) is 17.5. The Bertz CT molecular complexity index is 1340. The first-order valence-corrected chi connectivity index (χ1v) is 10.6. The molecule has 0 spiro atoms. The summed E-state index contributed by atoms with van der Waals surface area (Å²) in [5.74, 6) is -0.595. The lowest BCUT2D eigenvalue weighted by molar-refractivity contribution is 0.0946. The van der Waals surface area contributed by atoms with Gasteiger partial charge in [-0.25, -0.2) is 22.9 Å². The predicted molar refractivity (Wildman–Crippen MR) is 112 cm³/mol. The number of pyridine rings is 1. The van der Waals surface area contributed by atoms with E-state index < -0.39 is 27.2 Å². The van der Waals surface area contributed by atoms with Gasteiger partial charge in [-0.05, 0) is 30.3 Å². The molecule has 0 atom stereocenters. The van der Waals surface area contributed by atoms with Crippen molar-refractivity contribution in [3.05, 3.63) is 74.1 Å². The second kappa shape index (κ2) is 8.20. The summed E-state index contributed by atoms with van der Waals surface area (Å²) < 4.78 is 27.6. The van der Waals surface area contributed by atoms with Gasteiger partial charge in [0, 0.05) is 20.6 Å². The SMILES string of the molecule is CNS(=O)(=O)Cc1ccc(CNC(=O)c2ccc3c(=O)n(C)c(=O)n(C)c3n2)cc1. The van der Waals surface area contributed by atoms with Crippen LogP contribution < -0.4 is 21.3 Å². The quantitative estimate of drug-likeness (QED) is 0.546. The molecule has 10 nitrogen and oxygen atoms in total. The van der Waals surface area contributed by atoms with Gasteiger partial charge in [0.2, 0.25) is 10.0 Å². The van der Waals surface area contributed by atoms with Crippen LogP contribution in [0.2, 0.25) is 0 Å². The molecule has 0 unspecified atom stereocenters. The van der Waals surface area contributed by atoms with Crippen molar-refractivity contribution < 1.29 is 13.2 Å². The van der Waals surface area contributed by atoms with Crippen LogP contribution in [0.3, 0.4) is 0 Å². The van der Waals surface area contributed by atoms with Crippen molar-refractivity contribution >= 4 is 27.0 Å². The summed E-state index contributed by atoms with van der Waals surface area (Å²) in [4.78, 5) is 40.9. The van der Waals surface area contributed by atoms with Gasteiger partial charge in [-0.1, -0.05) is 24.3 Å². The van der Waals surface area contributed by atoms with E-state index in [0.29, 0.717) is 5.56 Å². The number of amides is 1. The molecule has 2 aromatic heterocycles. The fourth-order valence-electron chi connectivity index (χ4n) is 2.90. The highest BCUT2D eigenvalue weighted by atomic mass is 32.2. The number of rotatable bonds is 6. The van der Waals surface area contributed by atoms with Gasteiger partial charge in [-0.3, -0.25) is 18.7 Å². The number of benzene rings is 1. The Morgan fingerprint density at radius 2 is 1.63 bits per heavy atom. The van der Waals surface area contributed by atoms with Gasteiger partial charge < -0.3 is 5.32 Å².